The Balaban J connectivity index is 1.53. The first-order valence-electron chi connectivity index (χ1n) is 7.40. The Labute approximate surface area is 137 Å². The van der Waals surface area contributed by atoms with Crippen molar-refractivity contribution in [3.63, 3.8) is 0 Å². The van der Waals surface area contributed by atoms with Gasteiger partial charge in [-0.3, -0.25) is 14.7 Å². The van der Waals surface area contributed by atoms with Crippen molar-refractivity contribution < 1.29 is 9.59 Å². The van der Waals surface area contributed by atoms with E-state index in [0.717, 1.165) is 11.1 Å². The lowest BCUT2D eigenvalue weighted by Crippen LogP contribution is -2.14. The Morgan fingerprint density at radius 2 is 2.00 bits per heavy atom. The lowest BCUT2D eigenvalue weighted by molar-refractivity contribution is 0.0960. The van der Waals surface area contributed by atoms with Crippen LogP contribution in [0.3, 0.4) is 0 Å². The zero-order chi connectivity index (χ0) is 16.5. The molecule has 3 aromatic rings. The van der Waals surface area contributed by atoms with Gasteiger partial charge in [0.25, 0.3) is 11.8 Å². The summed E-state index contributed by atoms with van der Waals surface area (Å²) in [5.74, 6) is -0.507. The van der Waals surface area contributed by atoms with Crippen LogP contribution in [-0.2, 0) is 6.54 Å². The number of carbonyl (C=O) groups excluding carboxylic acids is 2. The minimum atomic E-state index is -0.316. The molecule has 3 heterocycles. The highest BCUT2D eigenvalue weighted by Gasteiger charge is 2.21. The number of nitrogens with zero attached hydrogens (tertiary/aromatic N) is 2. The van der Waals surface area contributed by atoms with E-state index >= 15 is 0 Å². The second kappa shape index (κ2) is 5.62. The Morgan fingerprint density at radius 3 is 2.83 bits per heavy atom. The molecule has 0 spiro atoms. The monoisotopic (exact) mass is 319 g/mol. The number of carbonyl (C=O) groups is 2. The lowest BCUT2D eigenvalue weighted by Gasteiger charge is -2.04. The molecule has 0 bridgehead atoms. The number of aromatic amines is 1. The number of aromatic nitrogens is 3. The smallest absolute Gasteiger partial charge is 0.273 e. The van der Waals surface area contributed by atoms with E-state index in [1.54, 1.807) is 12.1 Å². The van der Waals surface area contributed by atoms with E-state index in [1.165, 1.54) is 6.20 Å². The molecule has 1 aliphatic rings. The van der Waals surface area contributed by atoms with Crippen molar-refractivity contribution in [2.24, 2.45) is 0 Å². The maximum atomic E-state index is 12.3. The van der Waals surface area contributed by atoms with E-state index in [-0.39, 0.29) is 11.8 Å². The molecule has 0 atom stereocenters. The van der Waals surface area contributed by atoms with Crippen LogP contribution in [-0.4, -0.2) is 27.0 Å². The summed E-state index contributed by atoms with van der Waals surface area (Å²) in [7, 11) is 0. The van der Waals surface area contributed by atoms with Crippen molar-refractivity contribution in [3.05, 3.63) is 65.6 Å². The predicted molar refractivity (Wildman–Crippen MR) is 87.4 cm³/mol. The zero-order valence-corrected chi connectivity index (χ0v) is 12.5. The van der Waals surface area contributed by atoms with Crippen molar-refractivity contribution >= 4 is 17.5 Å². The number of hydrogen-bond acceptors (Lipinski definition) is 4. The molecule has 0 fully saturated rings. The first-order chi connectivity index (χ1) is 11.7. The van der Waals surface area contributed by atoms with Gasteiger partial charge in [0, 0.05) is 17.7 Å². The third-order valence-corrected chi connectivity index (χ3v) is 3.77. The van der Waals surface area contributed by atoms with Gasteiger partial charge in [-0.05, 0) is 12.1 Å². The van der Waals surface area contributed by atoms with Gasteiger partial charge in [-0.15, -0.1) is 0 Å². The number of anilines is 1. The van der Waals surface area contributed by atoms with E-state index in [1.807, 2.05) is 30.3 Å². The molecule has 118 valence electrons. The predicted octanol–water partition coefficient (Wildman–Crippen LogP) is 1.97. The maximum Gasteiger partial charge on any atom is 0.273 e. The summed E-state index contributed by atoms with van der Waals surface area (Å²) in [4.78, 5) is 27.9. The summed E-state index contributed by atoms with van der Waals surface area (Å²) in [6, 6.07) is 13.0. The second-order valence-electron chi connectivity index (χ2n) is 5.40. The van der Waals surface area contributed by atoms with Gasteiger partial charge in [0.2, 0.25) is 0 Å². The average Bonchev–Trinajstić information content (AvgIpc) is 3.23. The van der Waals surface area contributed by atoms with Crippen LogP contribution in [0.15, 0.2) is 48.7 Å². The maximum absolute atomic E-state index is 12.3. The third kappa shape index (κ3) is 2.52. The Morgan fingerprint density at radius 1 is 1.17 bits per heavy atom. The van der Waals surface area contributed by atoms with Gasteiger partial charge in [0.05, 0.1) is 17.6 Å². The normalized spacial score (nSPS) is 12.6. The Kier molecular flexibility index (Phi) is 3.31. The average molecular weight is 319 g/mol. The highest BCUT2D eigenvalue weighted by atomic mass is 16.2. The number of rotatable bonds is 3. The largest absolute Gasteiger partial charge is 0.347 e. The fourth-order valence-corrected chi connectivity index (χ4v) is 2.57. The Bertz CT molecular complexity index is 933. The molecule has 0 aliphatic carbocycles. The van der Waals surface area contributed by atoms with Crippen molar-refractivity contribution in [1.82, 2.24) is 20.5 Å². The topological polar surface area (TPSA) is 99.8 Å². The first kappa shape index (κ1) is 14.1. The zero-order valence-electron chi connectivity index (χ0n) is 12.5. The van der Waals surface area contributed by atoms with Crippen LogP contribution >= 0.6 is 0 Å². The van der Waals surface area contributed by atoms with Gasteiger partial charge in [-0.1, -0.05) is 30.3 Å². The van der Waals surface area contributed by atoms with Gasteiger partial charge in [0.1, 0.15) is 11.4 Å². The van der Waals surface area contributed by atoms with Crippen molar-refractivity contribution in [3.8, 4) is 11.3 Å². The van der Waals surface area contributed by atoms with E-state index < -0.39 is 0 Å². The minimum Gasteiger partial charge on any atom is -0.347 e. The van der Waals surface area contributed by atoms with Gasteiger partial charge >= 0.3 is 0 Å². The van der Waals surface area contributed by atoms with Gasteiger partial charge in [-0.25, -0.2) is 4.98 Å². The number of nitrogens with one attached hydrogen (secondary N) is 3. The molecule has 24 heavy (non-hydrogen) atoms. The number of fused-ring (bicyclic) bond motifs is 1. The summed E-state index contributed by atoms with van der Waals surface area (Å²) in [6.45, 7) is 0.424. The van der Waals surface area contributed by atoms with E-state index in [2.05, 4.69) is 25.8 Å². The molecule has 0 saturated carbocycles. The quantitative estimate of drug-likeness (QED) is 0.687. The summed E-state index contributed by atoms with van der Waals surface area (Å²) in [6.07, 6.45) is 1.47. The van der Waals surface area contributed by atoms with Gasteiger partial charge < -0.3 is 10.6 Å². The van der Waals surface area contributed by atoms with Crippen LogP contribution in [0.1, 0.15) is 26.5 Å². The standard InChI is InChI=1S/C17H13N5O2/c23-16(14-7-13(21-22-14)10-4-2-1-3-5-10)20-12-6-11-8-19-17(24)15(11)18-9-12/h1-7,9H,8H2,(H,19,24)(H,20,23)(H,21,22). The molecular formula is C17H13N5O2. The summed E-state index contributed by atoms with van der Waals surface area (Å²) in [5, 5.41) is 12.3. The van der Waals surface area contributed by atoms with Crippen molar-refractivity contribution in [2.75, 3.05) is 5.32 Å². The molecular weight excluding hydrogens is 306 g/mol. The second-order valence-corrected chi connectivity index (χ2v) is 5.40. The van der Waals surface area contributed by atoms with Crippen LogP contribution in [0.2, 0.25) is 0 Å². The van der Waals surface area contributed by atoms with Crippen LogP contribution in [0.25, 0.3) is 11.3 Å². The van der Waals surface area contributed by atoms with E-state index in [4.69, 9.17) is 0 Å². The van der Waals surface area contributed by atoms with E-state index in [9.17, 15) is 9.59 Å². The number of benzene rings is 1. The van der Waals surface area contributed by atoms with E-state index in [0.29, 0.717) is 29.3 Å². The number of amides is 2. The third-order valence-electron chi connectivity index (χ3n) is 3.77. The fraction of sp³-hybridized carbons (Fsp3) is 0.0588. The molecule has 7 heteroatoms. The van der Waals surface area contributed by atoms with Crippen molar-refractivity contribution in [1.29, 1.82) is 0 Å². The van der Waals surface area contributed by atoms with Crippen LogP contribution in [0.4, 0.5) is 5.69 Å². The summed E-state index contributed by atoms with van der Waals surface area (Å²) < 4.78 is 0. The van der Waals surface area contributed by atoms with Crippen molar-refractivity contribution in [2.45, 2.75) is 6.54 Å². The molecule has 0 saturated heterocycles. The molecule has 3 N–H and O–H groups in total. The first-order valence-corrected chi connectivity index (χ1v) is 7.40. The van der Waals surface area contributed by atoms with Crippen LogP contribution in [0, 0.1) is 0 Å². The van der Waals surface area contributed by atoms with Gasteiger partial charge in [0.15, 0.2) is 0 Å². The molecule has 2 amide bonds. The number of H-pyrrole nitrogens is 1. The Hall–Kier alpha value is -3.48. The molecule has 2 aromatic heterocycles. The fourth-order valence-electron chi connectivity index (χ4n) is 2.57. The molecule has 1 aliphatic heterocycles. The number of hydrogen-bond donors (Lipinski definition) is 3. The number of pyridine rings is 1. The lowest BCUT2D eigenvalue weighted by atomic mass is 10.1. The van der Waals surface area contributed by atoms with Crippen LogP contribution < -0.4 is 10.6 Å². The summed E-state index contributed by atoms with van der Waals surface area (Å²) in [5.41, 5.74) is 3.68. The van der Waals surface area contributed by atoms with Gasteiger partial charge in [-0.2, -0.15) is 5.10 Å². The highest BCUT2D eigenvalue weighted by molar-refractivity contribution is 6.04. The SMILES string of the molecule is O=C(Nc1cnc2c(c1)CNC2=O)c1cc(-c2ccccc2)n[nH]1. The molecule has 4 rings (SSSR count). The van der Waals surface area contributed by atoms with Crippen LogP contribution in [0.5, 0.6) is 0 Å². The molecule has 1 aromatic carbocycles. The molecule has 0 radical (unpaired) electrons. The highest BCUT2D eigenvalue weighted by Crippen LogP contribution is 2.20. The summed E-state index contributed by atoms with van der Waals surface area (Å²) >= 11 is 0. The minimum absolute atomic E-state index is 0.191. The molecule has 0 unspecified atom stereocenters. The molecule has 7 nitrogen and oxygen atoms in total.